The van der Waals surface area contributed by atoms with Crippen LogP contribution >= 0.6 is 11.6 Å². The van der Waals surface area contributed by atoms with Crippen molar-refractivity contribution in [3.8, 4) is 5.75 Å². The summed E-state index contributed by atoms with van der Waals surface area (Å²) in [5.74, 6) is 0.456. The number of fused-ring (bicyclic) bond motifs is 4. The minimum atomic E-state index is -3.93. The van der Waals surface area contributed by atoms with Crippen molar-refractivity contribution in [1.82, 2.24) is 9.62 Å². The number of ether oxygens (including phenoxy) is 4. The highest BCUT2D eigenvalue weighted by atomic mass is 35.5. The molecule has 2 bridgehead atoms. The minimum Gasteiger partial charge on any atom is -0.490 e. The van der Waals surface area contributed by atoms with Crippen molar-refractivity contribution in [2.24, 2.45) is 23.2 Å². The molecular weight excluding hydrogens is 714 g/mol. The highest BCUT2D eigenvalue weighted by molar-refractivity contribution is 7.90. The number of carbonyl (C=O) groups is 1. The first-order valence-electron chi connectivity index (χ1n) is 19.6. The molecule has 1 spiro atoms. The molecule has 292 valence electrons. The number of nitrogens with one attached hydrogen (secondary N) is 1. The lowest BCUT2D eigenvalue weighted by molar-refractivity contribution is -0.248. The number of anilines is 1. The number of likely N-dealkylation sites (N-methyl/N-ethyl adjacent to an activating group) is 1. The minimum absolute atomic E-state index is 0.0542. The zero-order valence-corrected chi connectivity index (χ0v) is 33.6. The molecule has 1 amide bonds. The van der Waals surface area contributed by atoms with Crippen LogP contribution < -0.4 is 14.4 Å². The highest BCUT2D eigenvalue weighted by Gasteiger charge is 2.52. The lowest BCUT2D eigenvalue weighted by Crippen LogP contribution is -2.56. The number of nitrogens with zero attached hydrogens (tertiary/aromatic N) is 2. The molecule has 2 aromatic rings. The fraction of sp³-hybridized carbons (Fsp3) is 0.683. The van der Waals surface area contributed by atoms with E-state index in [-0.39, 0.29) is 35.0 Å². The smallest absolute Gasteiger partial charge is 0.264 e. The molecule has 1 N–H and O–H groups in total. The molecular formula is C41H58ClN3O7S. The second-order valence-electron chi connectivity index (χ2n) is 17.0. The number of carbonyl (C=O) groups excluding carboxylic acids is 1. The van der Waals surface area contributed by atoms with Gasteiger partial charge in [-0.15, -0.1) is 0 Å². The van der Waals surface area contributed by atoms with Crippen LogP contribution in [0, 0.1) is 23.2 Å². The van der Waals surface area contributed by atoms with Crippen molar-refractivity contribution in [1.29, 1.82) is 0 Å². The average molecular weight is 772 g/mol. The molecule has 5 aliphatic rings. The van der Waals surface area contributed by atoms with Gasteiger partial charge in [0.05, 0.1) is 43.4 Å². The fourth-order valence-electron chi connectivity index (χ4n) is 9.85. The lowest BCUT2D eigenvalue weighted by atomic mass is 9.55. The van der Waals surface area contributed by atoms with Crippen LogP contribution in [0.15, 0.2) is 36.4 Å². The van der Waals surface area contributed by atoms with E-state index in [9.17, 15) is 13.2 Å². The summed E-state index contributed by atoms with van der Waals surface area (Å²) in [6.07, 6.45) is 7.24. The molecule has 10 nitrogen and oxygen atoms in total. The number of hydrogen-bond donors (Lipinski definition) is 1. The predicted octanol–water partition coefficient (Wildman–Crippen LogP) is 6.43. The first-order valence-corrected chi connectivity index (χ1v) is 21.5. The number of hydrogen-bond acceptors (Lipinski definition) is 9. The van der Waals surface area contributed by atoms with Gasteiger partial charge in [-0.05, 0) is 118 Å². The van der Waals surface area contributed by atoms with E-state index in [0.29, 0.717) is 50.2 Å². The molecule has 1 saturated heterocycles. The van der Waals surface area contributed by atoms with Gasteiger partial charge in [-0.3, -0.25) is 9.69 Å². The molecule has 2 aliphatic carbocycles. The predicted molar refractivity (Wildman–Crippen MR) is 207 cm³/mol. The normalized spacial score (nSPS) is 34.6. The Hall–Kier alpha value is -2.41. The van der Waals surface area contributed by atoms with Crippen LogP contribution in [0.3, 0.4) is 0 Å². The monoisotopic (exact) mass is 771 g/mol. The number of methoxy groups -OCH3 is 1. The van der Waals surface area contributed by atoms with Gasteiger partial charge in [-0.2, -0.15) is 0 Å². The molecule has 1 unspecified atom stereocenters. The second kappa shape index (κ2) is 15.6. The topological polar surface area (TPSA) is 107 Å². The van der Waals surface area contributed by atoms with E-state index < -0.39 is 21.2 Å². The first-order chi connectivity index (χ1) is 25.3. The maximum absolute atomic E-state index is 13.7. The lowest BCUT2D eigenvalue weighted by Gasteiger charge is -2.55. The Labute approximate surface area is 321 Å². The summed E-state index contributed by atoms with van der Waals surface area (Å²) in [7, 11) is -0.120. The molecule has 2 aromatic carbocycles. The Balaban J connectivity index is 1.25. The van der Waals surface area contributed by atoms with Gasteiger partial charge in [0.2, 0.25) is 10.0 Å². The van der Waals surface area contributed by atoms with E-state index in [1.807, 2.05) is 25.1 Å². The Morgan fingerprint density at radius 1 is 1.04 bits per heavy atom. The van der Waals surface area contributed by atoms with Gasteiger partial charge in [0.25, 0.3) is 5.91 Å². The molecule has 12 heteroatoms. The van der Waals surface area contributed by atoms with E-state index >= 15 is 0 Å². The number of halogens is 1. The molecule has 6 atom stereocenters. The summed E-state index contributed by atoms with van der Waals surface area (Å²) in [6, 6.07) is 11.8. The zero-order chi connectivity index (χ0) is 37.5. The van der Waals surface area contributed by atoms with Gasteiger partial charge in [-0.25, -0.2) is 13.1 Å². The maximum Gasteiger partial charge on any atom is 0.264 e. The molecule has 1 saturated carbocycles. The van der Waals surface area contributed by atoms with Gasteiger partial charge in [0.15, 0.2) is 6.29 Å². The van der Waals surface area contributed by atoms with Crippen molar-refractivity contribution in [3.63, 3.8) is 0 Å². The molecule has 3 aliphatic heterocycles. The van der Waals surface area contributed by atoms with Crippen molar-refractivity contribution >= 4 is 33.2 Å². The molecule has 3 heterocycles. The van der Waals surface area contributed by atoms with Gasteiger partial charge >= 0.3 is 0 Å². The summed E-state index contributed by atoms with van der Waals surface area (Å²) in [5.41, 5.74) is 3.36. The molecule has 7 rings (SSSR count). The molecule has 0 radical (unpaired) electrons. The number of amides is 1. The van der Waals surface area contributed by atoms with E-state index in [1.54, 1.807) is 20.1 Å². The summed E-state index contributed by atoms with van der Waals surface area (Å²) < 4.78 is 54.8. The zero-order valence-electron chi connectivity index (χ0n) is 32.1. The van der Waals surface area contributed by atoms with Crippen molar-refractivity contribution in [2.75, 3.05) is 65.1 Å². The molecule has 0 aromatic heterocycles. The van der Waals surface area contributed by atoms with E-state index in [1.165, 1.54) is 11.1 Å². The third-order valence-corrected chi connectivity index (χ3v) is 15.7. The van der Waals surface area contributed by atoms with Crippen molar-refractivity contribution in [2.45, 2.75) is 95.1 Å². The largest absolute Gasteiger partial charge is 0.490 e. The first kappa shape index (κ1) is 38.8. The van der Waals surface area contributed by atoms with E-state index in [2.05, 4.69) is 40.6 Å². The van der Waals surface area contributed by atoms with Crippen molar-refractivity contribution < 1.29 is 32.2 Å². The number of benzene rings is 2. The van der Waals surface area contributed by atoms with Crippen LogP contribution in [0.4, 0.5) is 5.69 Å². The second-order valence-corrected chi connectivity index (χ2v) is 19.5. The Kier molecular flexibility index (Phi) is 11.4. The van der Waals surface area contributed by atoms with Crippen LogP contribution in [0.25, 0.3) is 0 Å². The number of aryl methyl sites for hydroxylation is 1. The molecule has 2 fully saturated rings. The van der Waals surface area contributed by atoms with Gasteiger partial charge in [0.1, 0.15) is 5.75 Å². The molecule has 53 heavy (non-hydrogen) atoms. The van der Waals surface area contributed by atoms with Crippen molar-refractivity contribution in [3.05, 3.63) is 58.1 Å². The summed E-state index contributed by atoms with van der Waals surface area (Å²) >= 11 is 6.50. The van der Waals surface area contributed by atoms with Crippen LogP contribution in [0.1, 0.15) is 87.2 Å². The summed E-state index contributed by atoms with van der Waals surface area (Å²) in [4.78, 5) is 18.4. The standard InChI is InChI=1S/C41H58ClN3O7S/c1-27-8-6-10-33(39-50-22-32(23-51-39)44(4)18-19-49-5)35-15-17-40(35,3)24-45-25-41(16-7-9-29-20-31(42)12-13-34(29)41)26-52-37-14-11-30(21-36(37)45)38(46)43-53(47,48)28(27)2/h11-14,20-21,27-28,32-33,35,39H,6-10,15-19,22-26H2,1-5H3,(H,43,46)/t27-,28+,32?,33-,35-,39?,40?,41-/m0/s1. The summed E-state index contributed by atoms with van der Waals surface area (Å²) in [6.45, 7) is 10.7. The number of sulfonamides is 1. The quantitative estimate of drug-likeness (QED) is 0.368. The number of rotatable bonds is 5. The Morgan fingerprint density at radius 2 is 1.83 bits per heavy atom. The Bertz CT molecular complexity index is 1750. The van der Waals surface area contributed by atoms with Gasteiger partial charge < -0.3 is 23.8 Å². The SMILES string of the molecule is COCCN(C)C1COC([C@H]2CCC[C@H](C)[C@@H](C)S(=O)(=O)NC(=O)c3ccc4c(c3)N(CC3(C)CC[C@@H]23)C[C@@]2(CCCc3cc(Cl)ccc32)CO4)OC1. The van der Waals surface area contributed by atoms with Crippen LogP contribution in [-0.2, 0) is 36.1 Å². The van der Waals surface area contributed by atoms with Gasteiger partial charge in [-0.1, -0.05) is 37.9 Å². The summed E-state index contributed by atoms with van der Waals surface area (Å²) in [5, 5.41) is 0.00616. The van der Waals surface area contributed by atoms with E-state index in [4.69, 9.17) is 30.5 Å². The van der Waals surface area contributed by atoms with Crippen LogP contribution in [0.5, 0.6) is 5.75 Å². The third kappa shape index (κ3) is 7.85. The third-order valence-electron chi connectivity index (χ3n) is 13.5. The van der Waals surface area contributed by atoms with Gasteiger partial charge in [0, 0.05) is 48.7 Å². The van der Waals surface area contributed by atoms with E-state index in [0.717, 1.165) is 75.2 Å². The van der Waals surface area contributed by atoms with Crippen LogP contribution in [0.2, 0.25) is 5.02 Å². The highest BCUT2D eigenvalue weighted by Crippen LogP contribution is 2.55. The Morgan fingerprint density at radius 3 is 2.57 bits per heavy atom. The van der Waals surface area contributed by atoms with Crippen LogP contribution in [-0.4, -0.2) is 97.0 Å². The average Bonchev–Trinajstić information content (AvgIpc) is 3.28. The fourth-order valence-corrected chi connectivity index (χ4v) is 11.4. The maximum atomic E-state index is 13.7.